The fourth-order valence-electron chi connectivity index (χ4n) is 3.08. The number of nitrogens with one attached hydrogen (secondary N) is 1. The molecule has 1 aromatic heterocycles. The Morgan fingerprint density at radius 3 is 2.59 bits per heavy atom. The van der Waals surface area contributed by atoms with E-state index >= 15 is 0 Å². The van der Waals surface area contributed by atoms with Crippen molar-refractivity contribution in [2.75, 3.05) is 30.4 Å². The summed E-state index contributed by atoms with van der Waals surface area (Å²) in [5.41, 5.74) is 3.47. The van der Waals surface area contributed by atoms with Crippen LogP contribution in [0.25, 0.3) is 0 Å². The molecule has 0 saturated carbocycles. The topological polar surface area (TPSA) is 67.4 Å². The molecule has 1 amide bonds. The van der Waals surface area contributed by atoms with Crippen molar-refractivity contribution in [1.29, 1.82) is 0 Å². The van der Waals surface area contributed by atoms with Crippen LogP contribution >= 0.6 is 0 Å². The zero-order valence-electron chi connectivity index (χ0n) is 17.1. The summed E-state index contributed by atoms with van der Waals surface area (Å²) in [6.07, 6.45) is 0.830. The third-order valence-electron chi connectivity index (χ3n) is 4.61. The minimum absolute atomic E-state index is 0.159. The average Bonchev–Trinajstić information content (AvgIpc) is 2.75. The van der Waals surface area contributed by atoms with E-state index in [1.807, 2.05) is 56.3 Å². The molecule has 0 fully saturated rings. The van der Waals surface area contributed by atoms with Gasteiger partial charge in [0.15, 0.2) is 5.69 Å². The third kappa shape index (κ3) is 5.31. The summed E-state index contributed by atoms with van der Waals surface area (Å²) in [5, 5.41) is 11.5. The Balaban J connectivity index is 1.60. The van der Waals surface area contributed by atoms with Crippen molar-refractivity contribution in [3.63, 3.8) is 0 Å². The van der Waals surface area contributed by atoms with E-state index in [0.717, 1.165) is 23.4 Å². The van der Waals surface area contributed by atoms with E-state index in [2.05, 4.69) is 21.6 Å². The van der Waals surface area contributed by atoms with E-state index < -0.39 is 0 Å². The zero-order valence-corrected chi connectivity index (χ0v) is 17.1. The van der Waals surface area contributed by atoms with Gasteiger partial charge in [-0.2, -0.15) is 0 Å². The predicted octanol–water partition coefficient (Wildman–Crippen LogP) is 4.11. The fraction of sp³-hybridized carbons (Fsp3) is 0.261. The van der Waals surface area contributed by atoms with Gasteiger partial charge in [-0.1, -0.05) is 24.3 Å². The highest BCUT2D eigenvalue weighted by Crippen LogP contribution is 2.18. The van der Waals surface area contributed by atoms with Gasteiger partial charge in [-0.25, -0.2) is 0 Å². The molecule has 0 radical (unpaired) electrons. The number of carbonyl (C=O) groups excluding carboxylic acids is 1. The number of amides is 1. The predicted molar refractivity (Wildman–Crippen MR) is 116 cm³/mol. The van der Waals surface area contributed by atoms with E-state index in [9.17, 15) is 4.79 Å². The lowest BCUT2D eigenvalue weighted by molar-refractivity contribution is 0.0982. The molecule has 1 heterocycles. The normalized spacial score (nSPS) is 10.4. The molecule has 0 bridgehead atoms. The van der Waals surface area contributed by atoms with Crippen LogP contribution in [0, 0.1) is 6.92 Å². The van der Waals surface area contributed by atoms with Crippen LogP contribution in [0.5, 0.6) is 5.75 Å². The molecule has 0 aliphatic rings. The van der Waals surface area contributed by atoms with E-state index in [1.165, 1.54) is 5.56 Å². The lowest BCUT2D eigenvalue weighted by Gasteiger charge is -2.20. The maximum Gasteiger partial charge on any atom is 0.278 e. The molecule has 0 unspecified atom stereocenters. The number of hydrogen-bond acceptors (Lipinski definition) is 5. The number of carbonyl (C=O) groups is 1. The van der Waals surface area contributed by atoms with Gasteiger partial charge in [0.1, 0.15) is 11.6 Å². The van der Waals surface area contributed by atoms with Crippen molar-refractivity contribution in [2.24, 2.45) is 0 Å². The van der Waals surface area contributed by atoms with Crippen LogP contribution in [-0.4, -0.2) is 36.3 Å². The SMILES string of the molecule is CCN(C(=O)c1ccc(NCCc2cccc(OC)c2)nn1)c1cccc(C)c1. The molecule has 3 aromatic rings. The van der Waals surface area contributed by atoms with E-state index in [1.54, 1.807) is 24.1 Å². The summed E-state index contributed by atoms with van der Waals surface area (Å²) in [7, 11) is 1.66. The number of ether oxygens (including phenoxy) is 1. The number of anilines is 2. The van der Waals surface area contributed by atoms with Crippen molar-refractivity contribution in [2.45, 2.75) is 20.3 Å². The number of benzene rings is 2. The molecule has 0 saturated heterocycles. The number of aryl methyl sites for hydroxylation is 1. The highest BCUT2D eigenvalue weighted by molar-refractivity contribution is 6.04. The molecule has 0 aliphatic heterocycles. The van der Waals surface area contributed by atoms with Crippen molar-refractivity contribution in [3.05, 3.63) is 77.5 Å². The van der Waals surface area contributed by atoms with E-state index in [-0.39, 0.29) is 5.91 Å². The van der Waals surface area contributed by atoms with E-state index in [0.29, 0.717) is 24.6 Å². The average molecular weight is 390 g/mol. The molecule has 2 aromatic carbocycles. The van der Waals surface area contributed by atoms with Crippen LogP contribution in [-0.2, 0) is 6.42 Å². The second kappa shape index (κ2) is 9.68. The summed E-state index contributed by atoms with van der Waals surface area (Å²) in [6, 6.07) is 19.3. The summed E-state index contributed by atoms with van der Waals surface area (Å²) in [6.45, 7) is 5.22. The molecule has 3 rings (SSSR count). The minimum Gasteiger partial charge on any atom is -0.497 e. The molecule has 1 N–H and O–H groups in total. The molecule has 0 aliphatic carbocycles. The lowest BCUT2D eigenvalue weighted by Crippen LogP contribution is -2.31. The van der Waals surface area contributed by atoms with Crippen molar-refractivity contribution < 1.29 is 9.53 Å². The Bertz CT molecular complexity index is 957. The number of nitrogens with zero attached hydrogens (tertiary/aromatic N) is 3. The quantitative estimate of drug-likeness (QED) is 0.627. The molecule has 0 atom stereocenters. The summed E-state index contributed by atoms with van der Waals surface area (Å²) >= 11 is 0. The number of methoxy groups -OCH3 is 1. The minimum atomic E-state index is -0.159. The van der Waals surface area contributed by atoms with Crippen LogP contribution in [0.4, 0.5) is 11.5 Å². The second-order valence-electron chi connectivity index (χ2n) is 6.72. The van der Waals surface area contributed by atoms with Crippen LogP contribution in [0.1, 0.15) is 28.5 Å². The Hall–Kier alpha value is -3.41. The first-order valence-electron chi connectivity index (χ1n) is 9.69. The van der Waals surface area contributed by atoms with Crippen LogP contribution < -0.4 is 15.0 Å². The monoisotopic (exact) mass is 390 g/mol. The Morgan fingerprint density at radius 1 is 1.07 bits per heavy atom. The van der Waals surface area contributed by atoms with Gasteiger partial charge in [0.05, 0.1) is 7.11 Å². The first-order chi connectivity index (χ1) is 14.1. The second-order valence-corrected chi connectivity index (χ2v) is 6.72. The Morgan fingerprint density at radius 2 is 1.90 bits per heavy atom. The number of hydrogen-bond donors (Lipinski definition) is 1. The highest BCUT2D eigenvalue weighted by Gasteiger charge is 2.18. The molecule has 29 heavy (non-hydrogen) atoms. The highest BCUT2D eigenvalue weighted by atomic mass is 16.5. The van der Waals surface area contributed by atoms with Gasteiger partial charge in [-0.05, 0) is 67.8 Å². The number of aromatic nitrogens is 2. The first-order valence-corrected chi connectivity index (χ1v) is 9.69. The smallest absolute Gasteiger partial charge is 0.278 e. The number of rotatable bonds is 8. The largest absolute Gasteiger partial charge is 0.497 e. The fourth-order valence-corrected chi connectivity index (χ4v) is 3.08. The van der Waals surface area contributed by atoms with Crippen LogP contribution in [0.3, 0.4) is 0 Å². The molecular weight excluding hydrogens is 364 g/mol. The van der Waals surface area contributed by atoms with Gasteiger partial charge < -0.3 is 15.0 Å². The maximum atomic E-state index is 12.8. The molecule has 0 spiro atoms. The summed E-state index contributed by atoms with van der Waals surface area (Å²) < 4.78 is 5.24. The molecule has 150 valence electrons. The van der Waals surface area contributed by atoms with Gasteiger partial charge in [-0.3, -0.25) is 4.79 Å². The summed E-state index contributed by atoms with van der Waals surface area (Å²) in [5.74, 6) is 1.33. The van der Waals surface area contributed by atoms with Gasteiger partial charge in [0.2, 0.25) is 0 Å². The Kier molecular flexibility index (Phi) is 6.79. The van der Waals surface area contributed by atoms with Gasteiger partial charge in [0.25, 0.3) is 5.91 Å². The van der Waals surface area contributed by atoms with Gasteiger partial charge >= 0.3 is 0 Å². The van der Waals surface area contributed by atoms with Crippen LogP contribution in [0.15, 0.2) is 60.7 Å². The molecule has 6 nitrogen and oxygen atoms in total. The first kappa shape index (κ1) is 20.3. The third-order valence-corrected chi connectivity index (χ3v) is 4.61. The van der Waals surface area contributed by atoms with E-state index in [4.69, 9.17) is 4.74 Å². The molecule has 6 heteroatoms. The summed E-state index contributed by atoms with van der Waals surface area (Å²) in [4.78, 5) is 14.6. The Labute approximate surface area is 171 Å². The lowest BCUT2D eigenvalue weighted by atomic mass is 10.1. The van der Waals surface area contributed by atoms with Gasteiger partial charge in [-0.15, -0.1) is 10.2 Å². The standard InChI is InChI=1S/C23H26N4O2/c1-4-27(19-9-5-7-17(2)15-19)23(28)21-11-12-22(26-25-21)24-14-13-18-8-6-10-20(16-18)29-3/h5-12,15-16H,4,13-14H2,1-3H3,(H,24,26). The van der Waals surface area contributed by atoms with Crippen molar-refractivity contribution in [1.82, 2.24) is 10.2 Å². The van der Waals surface area contributed by atoms with Crippen molar-refractivity contribution >= 4 is 17.4 Å². The maximum absolute atomic E-state index is 12.8. The van der Waals surface area contributed by atoms with Crippen LogP contribution in [0.2, 0.25) is 0 Å². The van der Waals surface area contributed by atoms with Gasteiger partial charge in [0, 0.05) is 18.8 Å². The molecular formula is C23H26N4O2. The van der Waals surface area contributed by atoms with Crippen molar-refractivity contribution in [3.8, 4) is 5.75 Å². The zero-order chi connectivity index (χ0) is 20.6.